The Kier molecular flexibility index (Phi) is 3.49. The highest BCUT2D eigenvalue weighted by Gasteiger charge is 2.23. The Morgan fingerprint density at radius 3 is 2.39 bits per heavy atom. The minimum absolute atomic E-state index is 0.495. The van der Waals surface area contributed by atoms with Crippen LogP contribution in [0.4, 0.5) is 0 Å². The van der Waals surface area contributed by atoms with Crippen LogP contribution >= 0.6 is 0 Å². The molecule has 4 aromatic carbocycles. The molecule has 1 unspecified atom stereocenters. The van der Waals surface area contributed by atoms with E-state index in [1.165, 1.54) is 50.2 Å². The Hall–Kier alpha value is -3.19. The molecule has 1 aliphatic rings. The average molecular weight is 359 g/mol. The summed E-state index contributed by atoms with van der Waals surface area (Å²) in [5.41, 5.74) is 5.38. The van der Waals surface area contributed by atoms with E-state index in [2.05, 4.69) is 84.9 Å². The summed E-state index contributed by atoms with van der Waals surface area (Å²) in [5.74, 6) is 0.495. The molecular weight excluding hydrogens is 338 g/mol. The SMILES string of the molecule is c1ccc2nc(C3CCc4ccc5c(ccc6ccccc65)c4C3)ccc2c1. The Labute approximate surface area is 164 Å². The van der Waals surface area contributed by atoms with Crippen molar-refractivity contribution < 1.29 is 0 Å². The van der Waals surface area contributed by atoms with Crippen LogP contribution in [0.3, 0.4) is 0 Å². The first-order chi connectivity index (χ1) is 13.9. The lowest BCUT2D eigenvalue weighted by molar-refractivity contribution is 0.576. The zero-order valence-electron chi connectivity index (χ0n) is 15.7. The van der Waals surface area contributed by atoms with Crippen LogP contribution in [-0.2, 0) is 12.8 Å². The van der Waals surface area contributed by atoms with E-state index in [4.69, 9.17) is 4.98 Å². The van der Waals surface area contributed by atoms with Crippen LogP contribution in [-0.4, -0.2) is 4.98 Å². The number of hydrogen-bond donors (Lipinski definition) is 0. The van der Waals surface area contributed by atoms with Crippen LogP contribution < -0.4 is 0 Å². The summed E-state index contributed by atoms with van der Waals surface area (Å²) in [6.45, 7) is 0. The van der Waals surface area contributed by atoms with Gasteiger partial charge in [0.1, 0.15) is 0 Å². The molecule has 0 fully saturated rings. The van der Waals surface area contributed by atoms with Crippen molar-refractivity contribution in [3.05, 3.63) is 102 Å². The second kappa shape index (κ2) is 6.17. The summed E-state index contributed by atoms with van der Waals surface area (Å²) in [6, 6.07) is 30.9. The van der Waals surface area contributed by atoms with Crippen LogP contribution in [0.25, 0.3) is 32.4 Å². The maximum Gasteiger partial charge on any atom is 0.0705 e. The molecule has 0 radical (unpaired) electrons. The molecule has 1 aromatic heterocycles. The first-order valence-electron chi connectivity index (χ1n) is 10.1. The number of aryl methyl sites for hydroxylation is 1. The lowest BCUT2D eigenvalue weighted by Crippen LogP contribution is -2.14. The summed E-state index contributed by atoms with van der Waals surface area (Å²) in [7, 11) is 0. The molecule has 0 bridgehead atoms. The van der Waals surface area contributed by atoms with Crippen molar-refractivity contribution in [3.8, 4) is 0 Å². The van der Waals surface area contributed by atoms with Gasteiger partial charge in [0.05, 0.1) is 5.52 Å². The second-order valence-corrected chi connectivity index (χ2v) is 7.95. The number of benzene rings is 4. The fraction of sp³-hybridized carbons (Fsp3) is 0.148. The third-order valence-corrected chi connectivity index (χ3v) is 6.39. The van der Waals surface area contributed by atoms with Crippen molar-refractivity contribution in [2.24, 2.45) is 0 Å². The number of aromatic nitrogens is 1. The smallest absolute Gasteiger partial charge is 0.0705 e. The molecule has 0 saturated heterocycles. The normalized spacial score (nSPS) is 16.5. The van der Waals surface area contributed by atoms with Crippen molar-refractivity contribution >= 4 is 32.4 Å². The molecule has 0 spiro atoms. The van der Waals surface area contributed by atoms with Crippen molar-refractivity contribution in [2.75, 3.05) is 0 Å². The predicted octanol–water partition coefficient (Wildman–Crippen LogP) is 6.81. The number of nitrogens with zero attached hydrogens (tertiary/aromatic N) is 1. The molecule has 5 aromatic rings. The van der Waals surface area contributed by atoms with E-state index in [-0.39, 0.29) is 0 Å². The van der Waals surface area contributed by atoms with E-state index in [1.807, 2.05) is 0 Å². The van der Waals surface area contributed by atoms with Gasteiger partial charge >= 0.3 is 0 Å². The van der Waals surface area contributed by atoms with Crippen molar-refractivity contribution in [1.29, 1.82) is 0 Å². The first-order valence-corrected chi connectivity index (χ1v) is 10.1. The largest absolute Gasteiger partial charge is 0.253 e. The van der Waals surface area contributed by atoms with Crippen molar-refractivity contribution in [2.45, 2.75) is 25.2 Å². The van der Waals surface area contributed by atoms with Crippen LogP contribution in [0.1, 0.15) is 29.2 Å². The fourth-order valence-corrected chi connectivity index (χ4v) is 4.91. The molecular formula is C27H21N. The number of para-hydroxylation sites is 1. The minimum atomic E-state index is 0.495. The lowest BCUT2D eigenvalue weighted by Gasteiger charge is -2.26. The molecule has 0 N–H and O–H groups in total. The van der Waals surface area contributed by atoms with Crippen LogP contribution in [0.15, 0.2) is 84.9 Å². The van der Waals surface area contributed by atoms with Gasteiger partial charge in [-0.1, -0.05) is 72.8 Å². The van der Waals surface area contributed by atoms with E-state index in [9.17, 15) is 0 Å². The third-order valence-electron chi connectivity index (χ3n) is 6.39. The molecule has 0 aliphatic heterocycles. The molecule has 1 nitrogen and oxygen atoms in total. The van der Waals surface area contributed by atoms with Crippen molar-refractivity contribution in [3.63, 3.8) is 0 Å². The van der Waals surface area contributed by atoms with Gasteiger partial charge in [-0.2, -0.15) is 0 Å². The van der Waals surface area contributed by atoms with Gasteiger partial charge in [0.25, 0.3) is 0 Å². The highest BCUT2D eigenvalue weighted by Crippen LogP contribution is 2.38. The minimum Gasteiger partial charge on any atom is -0.253 e. The van der Waals surface area contributed by atoms with E-state index in [1.54, 1.807) is 0 Å². The van der Waals surface area contributed by atoms with E-state index in [0.717, 1.165) is 18.4 Å². The van der Waals surface area contributed by atoms with Crippen LogP contribution in [0.5, 0.6) is 0 Å². The maximum absolute atomic E-state index is 5.00. The van der Waals surface area contributed by atoms with Gasteiger partial charge in [0, 0.05) is 17.0 Å². The molecule has 28 heavy (non-hydrogen) atoms. The monoisotopic (exact) mass is 359 g/mol. The summed E-state index contributed by atoms with van der Waals surface area (Å²) in [4.78, 5) is 5.00. The number of fused-ring (bicyclic) bond motifs is 6. The molecule has 0 saturated carbocycles. The van der Waals surface area contributed by atoms with Crippen LogP contribution in [0.2, 0.25) is 0 Å². The molecule has 1 atom stereocenters. The van der Waals surface area contributed by atoms with Gasteiger partial charge in [0.15, 0.2) is 0 Å². The number of rotatable bonds is 1. The summed E-state index contributed by atoms with van der Waals surface area (Å²) >= 11 is 0. The average Bonchev–Trinajstić information content (AvgIpc) is 2.78. The zero-order valence-corrected chi connectivity index (χ0v) is 15.7. The topological polar surface area (TPSA) is 12.9 Å². The Bertz CT molecular complexity index is 1350. The van der Waals surface area contributed by atoms with E-state index >= 15 is 0 Å². The van der Waals surface area contributed by atoms with Crippen molar-refractivity contribution in [1.82, 2.24) is 4.98 Å². The standard InChI is InChI=1S/C27H21N/c1-3-7-22-18(5-1)11-15-24-23(22)14-12-19-9-10-21(17-25(19)24)27-16-13-20-6-2-4-8-26(20)28-27/h1-8,11-16,21H,9-10,17H2. The molecule has 134 valence electrons. The van der Waals surface area contributed by atoms with Gasteiger partial charge in [0.2, 0.25) is 0 Å². The van der Waals surface area contributed by atoms with Gasteiger partial charge in [-0.25, -0.2) is 0 Å². The molecule has 1 aliphatic carbocycles. The Balaban J connectivity index is 1.48. The highest BCUT2D eigenvalue weighted by molar-refractivity contribution is 6.08. The fourth-order valence-electron chi connectivity index (χ4n) is 4.91. The summed E-state index contributed by atoms with van der Waals surface area (Å²) in [5, 5.41) is 6.69. The second-order valence-electron chi connectivity index (χ2n) is 7.95. The lowest BCUT2D eigenvalue weighted by atomic mass is 9.79. The quantitative estimate of drug-likeness (QED) is 0.299. The van der Waals surface area contributed by atoms with Crippen LogP contribution in [0, 0.1) is 0 Å². The molecule has 1 heteroatoms. The maximum atomic E-state index is 5.00. The summed E-state index contributed by atoms with van der Waals surface area (Å²) < 4.78 is 0. The molecule has 0 amide bonds. The molecule has 6 rings (SSSR count). The van der Waals surface area contributed by atoms with E-state index < -0.39 is 0 Å². The van der Waals surface area contributed by atoms with Gasteiger partial charge in [-0.05, 0) is 64.1 Å². The van der Waals surface area contributed by atoms with E-state index in [0.29, 0.717) is 5.92 Å². The Morgan fingerprint density at radius 2 is 1.43 bits per heavy atom. The van der Waals surface area contributed by atoms with Gasteiger partial charge in [-0.3, -0.25) is 4.98 Å². The zero-order chi connectivity index (χ0) is 18.5. The summed E-state index contributed by atoms with van der Waals surface area (Å²) in [6.07, 6.45) is 3.39. The van der Waals surface area contributed by atoms with Gasteiger partial charge < -0.3 is 0 Å². The Morgan fingerprint density at radius 1 is 0.643 bits per heavy atom. The van der Waals surface area contributed by atoms with Gasteiger partial charge in [-0.15, -0.1) is 0 Å². The number of pyridine rings is 1. The molecule has 1 heterocycles. The number of hydrogen-bond acceptors (Lipinski definition) is 1. The predicted molar refractivity (Wildman–Crippen MR) is 118 cm³/mol. The highest BCUT2D eigenvalue weighted by atomic mass is 14.7. The first kappa shape index (κ1) is 15.8. The third kappa shape index (κ3) is 2.43.